The van der Waals surface area contributed by atoms with Crippen LogP contribution in [0.5, 0.6) is 0 Å². The number of methoxy groups -OCH3 is 1. The summed E-state index contributed by atoms with van der Waals surface area (Å²) in [6.07, 6.45) is 0. The Morgan fingerprint density at radius 2 is 2.07 bits per heavy atom. The molecule has 1 aromatic carbocycles. The van der Waals surface area contributed by atoms with Crippen LogP contribution in [0.3, 0.4) is 0 Å². The van der Waals surface area contributed by atoms with E-state index in [1.165, 1.54) is 18.2 Å². The maximum Gasteiger partial charge on any atom is 0.364 e. The van der Waals surface area contributed by atoms with Crippen molar-refractivity contribution in [3.8, 4) is 0 Å². The van der Waals surface area contributed by atoms with Gasteiger partial charge in [0.05, 0.1) is 17.2 Å². The maximum atomic E-state index is 13.8. The molecule has 0 aliphatic rings. The third kappa shape index (κ3) is 2.36. The first-order valence-corrected chi connectivity index (χ1v) is 4.95. The molecule has 0 saturated heterocycles. The first kappa shape index (κ1) is 12.6. The number of benzene rings is 1. The van der Waals surface area contributed by atoms with Gasteiger partial charge in [0.2, 0.25) is 0 Å². The Bertz CT molecular complexity index is 393. The molecule has 1 rings (SSSR count). The monoisotopic (exact) mass is 270 g/mol. The van der Waals surface area contributed by atoms with Crippen LogP contribution >= 0.6 is 34.8 Å². The van der Waals surface area contributed by atoms with Crippen molar-refractivity contribution in [2.45, 2.75) is 5.13 Å². The Balaban J connectivity index is 3.27. The summed E-state index contributed by atoms with van der Waals surface area (Å²) in [5.41, 5.74) is -0.231. The van der Waals surface area contributed by atoms with Crippen LogP contribution in [0.2, 0.25) is 10.0 Å². The Morgan fingerprint density at radius 3 is 2.60 bits per heavy atom. The van der Waals surface area contributed by atoms with Gasteiger partial charge in [-0.15, -0.1) is 0 Å². The summed E-state index contributed by atoms with van der Waals surface area (Å²) in [6.45, 7) is 0. The number of hydrogen-bond donors (Lipinski definition) is 0. The topological polar surface area (TPSA) is 26.3 Å². The predicted molar refractivity (Wildman–Crippen MR) is 57.1 cm³/mol. The molecule has 0 N–H and O–H groups in total. The second-order valence-electron chi connectivity index (χ2n) is 2.67. The molecule has 1 unspecified atom stereocenters. The van der Waals surface area contributed by atoms with Crippen molar-refractivity contribution >= 4 is 40.8 Å². The SMILES string of the molecule is COC(=O)C(F)(Cl)c1cccc(Cl)c1Cl. The summed E-state index contributed by atoms with van der Waals surface area (Å²) >= 11 is 16.8. The normalized spacial score (nSPS) is 14.5. The van der Waals surface area contributed by atoms with Gasteiger partial charge in [0.1, 0.15) is 0 Å². The molecular formula is C9H6Cl3FO2. The summed E-state index contributed by atoms with van der Waals surface area (Å²) in [4.78, 5) is 11.1. The van der Waals surface area contributed by atoms with Crippen LogP contribution in [0.25, 0.3) is 0 Å². The summed E-state index contributed by atoms with van der Waals surface area (Å²) in [7, 11) is 1.03. The van der Waals surface area contributed by atoms with Gasteiger partial charge in [0.15, 0.2) is 0 Å². The molecule has 15 heavy (non-hydrogen) atoms. The Labute approximate surface area is 101 Å². The number of alkyl halides is 2. The van der Waals surface area contributed by atoms with Gasteiger partial charge in [-0.05, 0) is 6.07 Å². The van der Waals surface area contributed by atoms with Crippen molar-refractivity contribution in [3.63, 3.8) is 0 Å². The van der Waals surface area contributed by atoms with Crippen molar-refractivity contribution in [1.29, 1.82) is 0 Å². The van der Waals surface area contributed by atoms with E-state index < -0.39 is 11.1 Å². The lowest BCUT2D eigenvalue weighted by Gasteiger charge is -2.17. The fourth-order valence-electron chi connectivity index (χ4n) is 0.984. The molecule has 0 aliphatic heterocycles. The highest BCUT2D eigenvalue weighted by Crippen LogP contribution is 2.39. The third-order valence-electron chi connectivity index (χ3n) is 1.73. The van der Waals surface area contributed by atoms with Gasteiger partial charge in [-0.25, -0.2) is 9.18 Å². The lowest BCUT2D eigenvalue weighted by molar-refractivity contribution is -0.149. The van der Waals surface area contributed by atoms with E-state index in [0.29, 0.717) is 0 Å². The van der Waals surface area contributed by atoms with Gasteiger partial charge in [-0.2, -0.15) is 0 Å². The minimum atomic E-state index is -2.82. The highest BCUT2D eigenvalue weighted by atomic mass is 35.5. The molecular weight excluding hydrogens is 265 g/mol. The lowest BCUT2D eigenvalue weighted by atomic mass is 10.1. The van der Waals surface area contributed by atoms with Crippen molar-refractivity contribution in [1.82, 2.24) is 0 Å². The molecule has 82 valence electrons. The molecule has 0 saturated carbocycles. The third-order valence-corrected chi connectivity index (χ3v) is 2.91. The number of carbonyl (C=O) groups is 1. The molecule has 0 fully saturated rings. The lowest BCUT2D eigenvalue weighted by Crippen LogP contribution is -2.26. The number of carbonyl (C=O) groups excluding carboxylic acids is 1. The van der Waals surface area contributed by atoms with Crippen molar-refractivity contribution in [2.75, 3.05) is 7.11 Å². The van der Waals surface area contributed by atoms with E-state index in [4.69, 9.17) is 34.8 Å². The number of rotatable bonds is 2. The fourth-order valence-corrected chi connectivity index (χ4v) is 1.70. The zero-order chi connectivity index (χ0) is 11.6. The van der Waals surface area contributed by atoms with E-state index in [9.17, 15) is 9.18 Å². The molecule has 0 heterocycles. The number of hydrogen-bond acceptors (Lipinski definition) is 2. The Morgan fingerprint density at radius 1 is 1.47 bits per heavy atom. The van der Waals surface area contributed by atoms with Crippen molar-refractivity contribution in [3.05, 3.63) is 33.8 Å². The van der Waals surface area contributed by atoms with Crippen LogP contribution < -0.4 is 0 Å². The van der Waals surface area contributed by atoms with E-state index in [1.54, 1.807) is 0 Å². The zero-order valence-corrected chi connectivity index (χ0v) is 9.83. The summed E-state index contributed by atoms with van der Waals surface area (Å²) in [5, 5.41) is -2.82. The highest BCUT2D eigenvalue weighted by molar-refractivity contribution is 6.44. The second-order valence-corrected chi connectivity index (χ2v) is 3.97. The van der Waals surface area contributed by atoms with Gasteiger partial charge >= 0.3 is 11.1 Å². The molecule has 0 aliphatic carbocycles. The van der Waals surface area contributed by atoms with Crippen LogP contribution in [0.1, 0.15) is 5.56 Å². The largest absolute Gasteiger partial charge is 0.465 e. The molecule has 0 aromatic heterocycles. The van der Waals surface area contributed by atoms with E-state index >= 15 is 0 Å². The molecule has 2 nitrogen and oxygen atoms in total. The summed E-state index contributed by atoms with van der Waals surface area (Å²) in [5.74, 6) is -1.24. The molecule has 0 spiro atoms. The van der Waals surface area contributed by atoms with E-state index in [1.807, 2.05) is 0 Å². The standard InChI is InChI=1S/C9H6Cl3FO2/c1-15-8(14)9(12,13)5-3-2-4-6(10)7(5)11/h2-4H,1H3. The van der Waals surface area contributed by atoms with Crippen molar-refractivity contribution in [2.24, 2.45) is 0 Å². The second kappa shape index (κ2) is 4.56. The van der Waals surface area contributed by atoms with E-state index in [-0.39, 0.29) is 15.6 Å². The van der Waals surface area contributed by atoms with Crippen LogP contribution in [0, 0.1) is 0 Å². The highest BCUT2D eigenvalue weighted by Gasteiger charge is 2.41. The first-order chi connectivity index (χ1) is 6.91. The van der Waals surface area contributed by atoms with Gasteiger partial charge in [-0.1, -0.05) is 46.9 Å². The number of ether oxygens (including phenoxy) is 1. The molecule has 0 bridgehead atoms. The first-order valence-electron chi connectivity index (χ1n) is 3.82. The van der Waals surface area contributed by atoms with Crippen LogP contribution in [-0.2, 0) is 14.7 Å². The molecule has 1 aromatic rings. The fraction of sp³-hybridized carbons (Fsp3) is 0.222. The van der Waals surface area contributed by atoms with Crippen molar-refractivity contribution < 1.29 is 13.9 Å². The summed E-state index contributed by atoms with van der Waals surface area (Å²) in [6, 6.07) is 4.15. The molecule has 0 radical (unpaired) electrons. The smallest absolute Gasteiger partial charge is 0.364 e. The van der Waals surface area contributed by atoms with Gasteiger partial charge < -0.3 is 4.74 Å². The van der Waals surface area contributed by atoms with Crippen LogP contribution in [-0.4, -0.2) is 13.1 Å². The van der Waals surface area contributed by atoms with Gasteiger partial charge in [-0.3, -0.25) is 0 Å². The van der Waals surface area contributed by atoms with Crippen LogP contribution in [0.15, 0.2) is 18.2 Å². The number of halogens is 4. The molecule has 6 heteroatoms. The van der Waals surface area contributed by atoms with Crippen LogP contribution in [0.4, 0.5) is 4.39 Å². The predicted octanol–water partition coefficient (Wildman–Crippen LogP) is 3.53. The zero-order valence-electron chi connectivity index (χ0n) is 7.56. The van der Waals surface area contributed by atoms with E-state index in [2.05, 4.69) is 4.74 Å². The molecule has 1 atom stereocenters. The quantitative estimate of drug-likeness (QED) is 0.607. The Kier molecular flexibility index (Phi) is 3.82. The maximum absolute atomic E-state index is 13.8. The summed E-state index contributed by atoms with van der Waals surface area (Å²) < 4.78 is 18.0. The van der Waals surface area contributed by atoms with E-state index in [0.717, 1.165) is 7.11 Å². The minimum absolute atomic E-state index is 0.109. The minimum Gasteiger partial charge on any atom is -0.465 e. The molecule has 0 amide bonds. The van der Waals surface area contributed by atoms with Gasteiger partial charge in [0, 0.05) is 5.56 Å². The Hall–Kier alpha value is -0.510. The average molecular weight is 272 g/mol. The number of esters is 1. The van der Waals surface area contributed by atoms with Gasteiger partial charge in [0.25, 0.3) is 0 Å². The average Bonchev–Trinajstić information content (AvgIpc) is 2.20.